The minimum Gasteiger partial charge on any atom is -0.348 e. The summed E-state index contributed by atoms with van der Waals surface area (Å²) in [5, 5.41) is 2.44. The Morgan fingerprint density at radius 1 is 1.26 bits per heavy atom. The summed E-state index contributed by atoms with van der Waals surface area (Å²) >= 11 is 0. The molecule has 2 heterocycles. The summed E-state index contributed by atoms with van der Waals surface area (Å²) in [7, 11) is -0.383. The molecule has 6 nitrogen and oxygen atoms in total. The van der Waals surface area contributed by atoms with Gasteiger partial charge in [-0.05, 0) is 26.2 Å². The third-order valence-corrected chi connectivity index (χ3v) is 6.23. The fourth-order valence-electron chi connectivity index (χ4n) is 2.86. The monoisotopic (exact) mass is 289 g/mol. The first kappa shape index (κ1) is 14.7. The van der Waals surface area contributed by atoms with Gasteiger partial charge in [0.1, 0.15) is 0 Å². The van der Waals surface area contributed by atoms with Crippen LogP contribution in [0.5, 0.6) is 0 Å². The number of nitrogens with zero attached hydrogens (tertiary/aromatic N) is 2. The van der Waals surface area contributed by atoms with Crippen LogP contribution in [0, 0.1) is 0 Å². The number of carbonyl (C=O) groups is 1. The van der Waals surface area contributed by atoms with Gasteiger partial charge in [-0.3, -0.25) is 4.79 Å². The smallest absolute Gasteiger partial charge is 0.241 e. The molecular formula is C12H23N3O3S. The van der Waals surface area contributed by atoms with Crippen molar-refractivity contribution in [3.63, 3.8) is 0 Å². The molecule has 0 saturated carbocycles. The number of fused-ring (bicyclic) bond motifs is 2. The van der Waals surface area contributed by atoms with Gasteiger partial charge in [-0.2, -0.15) is 4.31 Å². The van der Waals surface area contributed by atoms with Crippen LogP contribution in [0.2, 0.25) is 0 Å². The predicted octanol–water partition coefficient (Wildman–Crippen LogP) is -0.381. The molecule has 2 rings (SSSR count). The largest absolute Gasteiger partial charge is 0.348 e. The highest BCUT2D eigenvalue weighted by Crippen LogP contribution is 2.23. The zero-order valence-electron chi connectivity index (χ0n) is 11.8. The molecule has 2 bridgehead atoms. The number of hydrogen-bond donors (Lipinski definition) is 1. The van der Waals surface area contributed by atoms with E-state index in [1.165, 1.54) is 16.1 Å². The van der Waals surface area contributed by atoms with Crippen molar-refractivity contribution < 1.29 is 13.2 Å². The zero-order chi connectivity index (χ0) is 14.2. The van der Waals surface area contributed by atoms with Crippen LogP contribution in [0.1, 0.15) is 26.2 Å². The first-order valence-electron chi connectivity index (χ1n) is 6.78. The number of hydrogen-bond acceptors (Lipinski definition) is 4. The molecule has 1 N–H and O–H groups in total. The van der Waals surface area contributed by atoms with Crippen LogP contribution >= 0.6 is 0 Å². The molecule has 19 heavy (non-hydrogen) atoms. The minimum absolute atomic E-state index is 0.240. The Labute approximate surface area is 115 Å². The van der Waals surface area contributed by atoms with Gasteiger partial charge in [0, 0.05) is 39.3 Å². The summed E-state index contributed by atoms with van der Waals surface area (Å²) in [6, 6.07) is 0.675. The Morgan fingerprint density at radius 3 is 2.53 bits per heavy atom. The van der Waals surface area contributed by atoms with Crippen molar-refractivity contribution in [1.82, 2.24) is 14.5 Å². The Bertz CT molecular complexity index is 449. The van der Waals surface area contributed by atoms with E-state index < -0.39 is 15.3 Å². The van der Waals surface area contributed by atoms with Crippen molar-refractivity contribution in [2.24, 2.45) is 0 Å². The van der Waals surface area contributed by atoms with Gasteiger partial charge < -0.3 is 10.2 Å². The number of carbonyl (C=O) groups excluding carboxylic acids is 1. The SMILES string of the molecule is CC(C(=O)N(C)C)S(=O)(=O)N1CCC2CCC(C1)N2. The van der Waals surface area contributed by atoms with Crippen molar-refractivity contribution in [2.75, 3.05) is 27.2 Å². The van der Waals surface area contributed by atoms with E-state index in [4.69, 9.17) is 0 Å². The molecule has 0 aromatic rings. The second-order valence-electron chi connectivity index (χ2n) is 5.70. The van der Waals surface area contributed by atoms with Gasteiger partial charge in [0.2, 0.25) is 15.9 Å². The number of amides is 1. The Morgan fingerprint density at radius 2 is 1.89 bits per heavy atom. The molecule has 1 amide bonds. The van der Waals surface area contributed by atoms with Gasteiger partial charge in [-0.1, -0.05) is 0 Å². The summed E-state index contributed by atoms with van der Waals surface area (Å²) < 4.78 is 26.5. The molecule has 0 radical (unpaired) electrons. The van der Waals surface area contributed by atoms with Crippen molar-refractivity contribution >= 4 is 15.9 Å². The summed E-state index contributed by atoms with van der Waals surface area (Å²) in [6.45, 7) is 2.49. The predicted molar refractivity (Wildman–Crippen MR) is 73.2 cm³/mol. The van der Waals surface area contributed by atoms with Crippen LogP contribution in [-0.2, 0) is 14.8 Å². The minimum atomic E-state index is -3.55. The lowest BCUT2D eigenvalue weighted by Crippen LogP contribution is -2.47. The summed E-state index contributed by atoms with van der Waals surface area (Å²) in [5.74, 6) is -0.359. The van der Waals surface area contributed by atoms with E-state index in [0.29, 0.717) is 19.1 Å². The van der Waals surface area contributed by atoms with E-state index in [1.807, 2.05) is 0 Å². The quantitative estimate of drug-likeness (QED) is 0.769. The molecule has 3 atom stereocenters. The molecule has 0 aromatic heterocycles. The van der Waals surface area contributed by atoms with Crippen LogP contribution in [0.4, 0.5) is 0 Å². The summed E-state index contributed by atoms with van der Waals surface area (Å²) in [6.07, 6.45) is 2.98. The topological polar surface area (TPSA) is 69.7 Å². The molecule has 110 valence electrons. The van der Waals surface area contributed by atoms with Gasteiger partial charge in [-0.15, -0.1) is 0 Å². The van der Waals surface area contributed by atoms with Crippen molar-refractivity contribution in [3.05, 3.63) is 0 Å². The highest BCUT2D eigenvalue weighted by molar-refractivity contribution is 7.90. The Kier molecular flexibility index (Phi) is 4.17. The molecule has 7 heteroatoms. The lowest BCUT2D eigenvalue weighted by molar-refractivity contribution is -0.128. The number of sulfonamides is 1. The van der Waals surface area contributed by atoms with Crippen molar-refractivity contribution in [2.45, 2.75) is 43.5 Å². The molecule has 2 saturated heterocycles. The average molecular weight is 289 g/mol. The fraction of sp³-hybridized carbons (Fsp3) is 0.917. The average Bonchev–Trinajstić information content (AvgIpc) is 2.66. The fourth-order valence-corrected chi connectivity index (χ4v) is 4.52. The first-order valence-corrected chi connectivity index (χ1v) is 8.29. The number of nitrogens with one attached hydrogen (secondary N) is 1. The highest BCUT2D eigenvalue weighted by Gasteiger charge is 2.39. The highest BCUT2D eigenvalue weighted by atomic mass is 32.2. The van der Waals surface area contributed by atoms with Gasteiger partial charge in [0.05, 0.1) is 0 Å². The third-order valence-electron chi connectivity index (χ3n) is 4.08. The van der Waals surface area contributed by atoms with Crippen molar-refractivity contribution in [3.8, 4) is 0 Å². The van der Waals surface area contributed by atoms with E-state index in [2.05, 4.69) is 5.32 Å². The maximum atomic E-state index is 12.5. The zero-order valence-corrected chi connectivity index (χ0v) is 12.6. The van der Waals surface area contributed by atoms with Gasteiger partial charge >= 0.3 is 0 Å². The molecule has 0 aromatic carbocycles. The molecule has 0 aliphatic carbocycles. The van der Waals surface area contributed by atoms with E-state index in [9.17, 15) is 13.2 Å². The molecular weight excluding hydrogens is 266 g/mol. The molecule has 0 spiro atoms. The van der Waals surface area contributed by atoms with Crippen LogP contribution in [0.15, 0.2) is 0 Å². The number of rotatable bonds is 3. The van der Waals surface area contributed by atoms with Crippen molar-refractivity contribution in [1.29, 1.82) is 0 Å². The van der Waals surface area contributed by atoms with Crippen LogP contribution in [-0.4, -0.2) is 68.0 Å². The van der Waals surface area contributed by atoms with E-state index in [1.54, 1.807) is 14.1 Å². The first-order chi connectivity index (χ1) is 8.82. The maximum absolute atomic E-state index is 12.5. The van der Waals surface area contributed by atoms with E-state index in [-0.39, 0.29) is 11.9 Å². The second kappa shape index (κ2) is 5.38. The lowest BCUT2D eigenvalue weighted by atomic mass is 10.1. The lowest BCUT2D eigenvalue weighted by Gasteiger charge is -2.27. The Balaban J connectivity index is 2.13. The van der Waals surface area contributed by atoms with Gasteiger partial charge in [0.25, 0.3) is 0 Å². The molecule has 2 aliphatic heterocycles. The van der Waals surface area contributed by atoms with Crippen LogP contribution < -0.4 is 5.32 Å². The van der Waals surface area contributed by atoms with Crippen LogP contribution in [0.3, 0.4) is 0 Å². The van der Waals surface area contributed by atoms with Gasteiger partial charge in [-0.25, -0.2) is 8.42 Å². The summed E-state index contributed by atoms with van der Waals surface area (Å²) in [5.41, 5.74) is 0. The van der Waals surface area contributed by atoms with E-state index in [0.717, 1.165) is 19.3 Å². The van der Waals surface area contributed by atoms with E-state index >= 15 is 0 Å². The molecule has 2 aliphatic rings. The molecule has 2 fully saturated rings. The summed E-state index contributed by atoms with van der Waals surface area (Å²) in [4.78, 5) is 13.2. The maximum Gasteiger partial charge on any atom is 0.241 e. The standard InChI is InChI=1S/C12H23N3O3S/c1-9(12(16)14(2)3)19(17,18)15-7-6-10-4-5-11(8-15)13-10/h9-11,13H,4-8H2,1-3H3. The second-order valence-corrected chi connectivity index (χ2v) is 7.96. The normalized spacial score (nSPS) is 29.8. The molecule has 3 unspecified atom stereocenters. The van der Waals surface area contributed by atoms with Crippen LogP contribution in [0.25, 0.3) is 0 Å². The third kappa shape index (κ3) is 2.93. The van der Waals surface area contributed by atoms with Gasteiger partial charge in [0.15, 0.2) is 5.25 Å². The Hall–Kier alpha value is -0.660.